The number of aryl methyl sites for hydroxylation is 1. The predicted octanol–water partition coefficient (Wildman–Crippen LogP) is 3.21. The van der Waals surface area contributed by atoms with Crippen LogP contribution in [0.25, 0.3) is 0 Å². The Balaban J connectivity index is 2.05. The molecule has 2 aromatic carbocycles. The summed E-state index contributed by atoms with van der Waals surface area (Å²) in [5.41, 5.74) is 0.455. The number of aromatic hydroxyl groups is 2. The first kappa shape index (κ1) is 15.5. The molecular formula is C16H15NO5. The van der Waals surface area contributed by atoms with Gasteiger partial charge in [0.15, 0.2) is 11.5 Å². The first-order valence-corrected chi connectivity index (χ1v) is 6.76. The Bertz CT molecular complexity index is 697. The third-order valence-corrected chi connectivity index (χ3v) is 3.30. The number of carbonyl (C=O) groups excluding carboxylic acids is 1. The average molecular weight is 301 g/mol. The molecule has 6 nitrogen and oxygen atoms in total. The average Bonchev–Trinajstić information content (AvgIpc) is 2.50. The first-order chi connectivity index (χ1) is 10.5. The van der Waals surface area contributed by atoms with Crippen molar-refractivity contribution in [2.24, 2.45) is 0 Å². The molecule has 0 saturated carbocycles. The van der Waals surface area contributed by atoms with Crippen LogP contribution in [0.4, 0.5) is 5.69 Å². The molecule has 0 fully saturated rings. The Kier molecular flexibility index (Phi) is 4.73. The molecule has 0 aromatic heterocycles. The van der Waals surface area contributed by atoms with E-state index < -0.39 is 22.1 Å². The molecule has 2 aromatic rings. The van der Waals surface area contributed by atoms with Crippen molar-refractivity contribution in [2.75, 3.05) is 0 Å². The predicted molar refractivity (Wildman–Crippen MR) is 80.1 cm³/mol. The summed E-state index contributed by atoms with van der Waals surface area (Å²) in [6.45, 7) is 0. The van der Waals surface area contributed by atoms with Crippen molar-refractivity contribution in [1.29, 1.82) is 0 Å². The van der Waals surface area contributed by atoms with E-state index in [4.69, 9.17) is 0 Å². The van der Waals surface area contributed by atoms with Gasteiger partial charge in [0.1, 0.15) is 0 Å². The molecule has 0 amide bonds. The summed E-state index contributed by atoms with van der Waals surface area (Å²) < 4.78 is 0. The minimum Gasteiger partial charge on any atom is -0.504 e. The second-order valence-electron chi connectivity index (χ2n) is 4.88. The van der Waals surface area contributed by atoms with Crippen molar-refractivity contribution in [2.45, 2.75) is 19.3 Å². The van der Waals surface area contributed by atoms with Gasteiger partial charge in [-0.2, -0.15) is 0 Å². The lowest BCUT2D eigenvalue weighted by Gasteiger charge is -2.05. The lowest BCUT2D eigenvalue weighted by Crippen LogP contribution is -2.01. The largest absolute Gasteiger partial charge is 0.504 e. The molecular weight excluding hydrogens is 286 g/mol. The van der Waals surface area contributed by atoms with E-state index in [1.807, 2.05) is 30.3 Å². The molecule has 114 valence electrons. The van der Waals surface area contributed by atoms with E-state index in [-0.39, 0.29) is 17.8 Å². The van der Waals surface area contributed by atoms with Gasteiger partial charge in [-0.25, -0.2) is 0 Å². The Morgan fingerprint density at radius 2 is 1.82 bits per heavy atom. The van der Waals surface area contributed by atoms with Gasteiger partial charge in [0.25, 0.3) is 0 Å². The van der Waals surface area contributed by atoms with E-state index in [0.717, 1.165) is 24.1 Å². The number of nitro benzene ring substituents is 1. The van der Waals surface area contributed by atoms with Gasteiger partial charge in [0, 0.05) is 18.1 Å². The number of hydrogen-bond acceptors (Lipinski definition) is 5. The number of phenolic OH excluding ortho intramolecular Hbond substituents is 2. The Hall–Kier alpha value is -2.89. The van der Waals surface area contributed by atoms with E-state index in [9.17, 15) is 25.1 Å². The number of ketones is 1. The van der Waals surface area contributed by atoms with Gasteiger partial charge in [0.05, 0.1) is 4.92 Å². The lowest BCUT2D eigenvalue weighted by atomic mass is 10.0. The zero-order chi connectivity index (χ0) is 16.1. The highest BCUT2D eigenvalue weighted by molar-refractivity contribution is 5.97. The lowest BCUT2D eigenvalue weighted by molar-refractivity contribution is -0.386. The first-order valence-electron chi connectivity index (χ1n) is 6.76. The van der Waals surface area contributed by atoms with Gasteiger partial charge in [-0.1, -0.05) is 30.3 Å². The number of carbonyl (C=O) groups is 1. The number of benzene rings is 2. The summed E-state index contributed by atoms with van der Waals surface area (Å²) in [4.78, 5) is 22.0. The number of nitro groups is 1. The van der Waals surface area contributed by atoms with E-state index >= 15 is 0 Å². The SMILES string of the molecule is O=C(CCCc1ccccc1)c1cc(O)c(O)c([N+](=O)[O-])c1. The van der Waals surface area contributed by atoms with Gasteiger partial charge in [-0.15, -0.1) is 0 Å². The van der Waals surface area contributed by atoms with Crippen LogP contribution in [-0.4, -0.2) is 20.9 Å². The zero-order valence-corrected chi connectivity index (χ0v) is 11.7. The second kappa shape index (κ2) is 6.71. The third kappa shape index (κ3) is 3.60. The van der Waals surface area contributed by atoms with Crippen LogP contribution in [0.1, 0.15) is 28.8 Å². The van der Waals surface area contributed by atoms with Crippen LogP contribution in [0, 0.1) is 10.1 Å². The van der Waals surface area contributed by atoms with Crippen molar-refractivity contribution < 1.29 is 19.9 Å². The van der Waals surface area contributed by atoms with Crippen LogP contribution in [-0.2, 0) is 6.42 Å². The molecule has 22 heavy (non-hydrogen) atoms. The van der Waals surface area contributed by atoms with Gasteiger partial charge >= 0.3 is 5.69 Å². The Morgan fingerprint density at radius 1 is 1.14 bits per heavy atom. The van der Waals surface area contributed by atoms with E-state index in [1.165, 1.54) is 0 Å². The Morgan fingerprint density at radius 3 is 2.45 bits per heavy atom. The smallest absolute Gasteiger partial charge is 0.315 e. The highest BCUT2D eigenvalue weighted by Gasteiger charge is 2.21. The van der Waals surface area contributed by atoms with Crippen molar-refractivity contribution >= 4 is 11.5 Å². The van der Waals surface area contributed by atoms with Gasteiger partial charge in [0.2, 0.25) is 5.75 Å². The maximum atomic E-state index is 12.1. The molecule has 0 spiro atoms. The molecule has 0 radical (unpaired) electrons. The molecule has 0 bridgehead atoms. The summed E-state index contributed by atoms with van der Waals surface area (Å²) >= 11 is 0. The highest BCUT2D eigenvalue weighted by Crippen LogP contribution is 2.36. The fourth-order valence-electron chi connectivity index (χ4n) is 2.15. The second-order valence-corrected chi connectivity index (χ2v) is 4.88. The van der Waals surface area contributed by atoms with Crippen molar-refractivity contribution in [1.82, 2.24) is 0 Å². The summed E-state index contributed by atoms with van der Waals surface area (Å²) in [6, 6.07) is 11.7. The summed E-state index contributed by atoms with van der Waals surface area (Å²) in [5.74, 6) is -1.80. The summed E-state index contributed by atoms with van der Waals surface area (Å²) in [5, 5.41) is 29.6. The van der Waals surface area contributed by atoms with Crippen LogP contribution < -0.4 is 0 Å². The maximum absolute atomic E-state index is 12.1. The summed E-state index contributed by atoms with van der Waals surface area (Å²) in [7, 11) is 0. The number of phenols is 2. The minimum absolute atomic E-state index is 0.0232. The summed E-state index contributed by atoms with van der Waals surface area (Å²) in [6.07, 6.45) is 1.52. The number of rotatable bonds is 6. The maximum Gasteiger partial charge on any atom is 0.315 e. The Labute approximate surface area is 126 Å². The highest BCUT2D eigenvalue weighted by atomic mass is 16.6. The van der Waals surface area contributed by atoms with E-state index in [1.54, 1.807) is 0 Å². The molecule has 0 unspecified atom stereocenters. The van der Waals surface area contributed by atoms with E-state index in [0.29, 0.717) is 6.42 Å². The van der Waals surface area contributed by atoms with Crippen molar-refractivity contribution in [3.05, 3.63) is 63.7 Å². The quantitative estimate of drug-likeness (QED) is 0.369. The molecule has 0 atom stereocenters. The monoisotopic (exact) mass is 301 g/mol. The third-order valence-electron chi connectivity index (χ3n) is 3.30. The van der Waals surface area contributed by atoms with Gasteiger partial charge in [-0.05, 0) is 24.5 Å². The molecule has 0 saturated heterocycles. The molecule has 0 aliphatic heterocycles. The van der Waals surface area contributed by atoms with Crippen LogP contribution in [0.2, 0.25) is 0 Å². The fraction of sp³-hybridized carbons (Fsp3) is 0.188. The van der Waals surface area contributed by atoms with Crippen LogP contribution in [0.3, 0.4) is 0 Å². The van der Waals surface area contributed by atoms with Crippen LogP contribution >= 0.6 is 0 Å². The molecule has 2 rings (SSSR count). The fourth-order valence-corrected chi connectivity index (χ4v) is 2.15. The van der Waals surface area contributed by atoms with Crippen LogP contribution in [0.5, 0.6) is 11.5 Å². The number of hydrogen-bond donors (Lipinski definition) is 2. The molecule has 6 heteroatoms. The van der Waals surface area contributed by atoms with Gasteiger partial charge in [-0.3, -0.25) is 14.9 Å². The van der Waals surface area contributed by atoms with Crippen LogP contribution in [0.15, 0.2) is 42.5 Å². The topological polar surface area (TPSA) is 101 Å². The molecule has 0 aliphatic rings. The minimum atomic E-state index is -0.837. The molecule has 2 N–H and O–H groups in total. The zero-order valence-electron chi connectivity index (χ0n) is 11.7. The van der Waals surface area contributed by atoms with Crippen molar-refractivity contribution in [3.8, 4) is 11.5 Å². The normalized spacial score (nSPS) is 10.4. The number of Topliss-reactive ketones (excluding diaryl/α,β-unsaturated/α-hetero) is 1. The van der Waals surface area contributed by atoms with E-state index in [2.05, 4.69) is 0 Å². The standard InChI is InChI=1S/C16H15NO5/c18-14(8-4-7-11-5-2-1-3-6-11)12-9-13(17(21)22)16(20)15(19)10-12/h1-3,5-6,9-10,19-20H,4,7-8H2. The molecule has 0 heterocycles. The van der Waals surface area contributed by atoms with Gasteiger partial charge < -0.3 is 10.2 Å². The van der Waals surface area contributed by atoms with Crippen molar-refractivity contribution in [3.63, 3.8) is 0 Å². The molecule has 0 aliphatic carbocycles. The number of nitrogens with zero attached hydrogens (tertiary/aromatic N) is 1.